The molecule has 0 aliphatic carbocycles. The molecule has 5 heteroatoms. The largest absolute Gasteiger partial charge is 0.451 e. The molecule has 0 bridgehead atoms. The minimum absolute atomic E-state index is 0.113. The Bertz CT molecular complexity index is 778. The van der Waals surface area contributed by atoms with Gasteiger partial charge in [0.15, 0.2) is 6.61 Å². The van der Waals surface area contributed by atoms with Crippen molar-refractivity contribution in [1.29, 1.82) is 0 Å². The Kier molecular flexibility index (Phi) is 4.60. The van der Waals surface area contributed by atoms with Gasteiger partial charge in [0.1, 0.15) is 5.69 Å². The van der Waals surface area contributed by atoms with Crippen LogP contribution in [-0.4, -0.2) is 41.5 Å². The third-order valence-corrected chi connectivity index (χ3v) is 4.65. The lowest BCUT2D eigenvalue weighted by atomic mass is 10.0. The number of aromatic nitrogens is 1. The molecule has 1 fully saturated rings. The van der Waals surface area contributed by atoms with E-state index < -0.39 is 5.97 Å². The summed E-state index contributed by atoms with van der Waals surface area (Å²) in [7, 11) is 0. The second-order valence-corrected chi connectivity index (χ2v) is 6.89. The molecule has 1 aliphatic rings. The quantitative estimate of drug-likeness (QED) is 0.880. The van der Waals surface area contributed by atoms with Gasteiger partial charge < -0.3 is 14.6 Å². The van der Waals surface area contributed by atoms with Gasteiger partial charge in [-0.1, -0.05) is 13.0 Å². The van der Waals surface area contributed by atoms with Gasteiger partial charge in [0.25, 0.3) is 5.91 Å². The molecule has 1 unspecified atom stereocenters. The van der Waals surface area contributed by atoms with Gasteiger partial charge in [-0.2, -0.15) is 0 Å². The minimum Gasteiger partial charge on any atom is -0.451 e. The van der Waals surface area contributed by atoms with Crippen LogP contribution in [-0.2, 0) is 9.53 Å². The van der Waals surface area contributed by atoms with Gasteiger partial charge in [-0.3, -0.25) is 4.79 Å². The molecule has 2 heterocycles. The van der Waals surface area contributed by atoms with E-state index >= 15 is 0 Å². The molecule has 24 heavy (non-hydrogen) atoms. The highest BCUT2D eigenvalue weighted by Crippen LogP contribution is 2.22. The van der Waals surface area contributed by atoms with E-state index in [0.29, 0.717) is 11.6 Å². The summed E-state index contributed by atoms with van der Waals surface area (Å²) in [5.74, 6) is -0.0852. The van der Waals surface area contributed by atoms with Crippen LogP contribution in [0.15, 0.2) is 18.2 Å². The number of fused-ring (bicyclic) bond motifs is 1. The SMILES string of the molecule is Cc1cc(C)c2cc(C(=O)OCC(=O)N3CCCC(C)C3)[nH]c2c1. The van der Waals surface area contributed by atoms with Crippen molar-refractivity contribution in [3.8, 4) is 0 Å². The molecule has 1 aromatic heterocycles. The van der Waals surface area contributed by atoms with Crippen LogP contribution in [0.5, 0.6) is 0 Å². The van der Waals surface area contributed by atoms with Gasteiger partial charge >= 0.3 is 5.97 Å². The molecule has 3 rings (SSSR count). The Morgan fingerprint density at radius 3 is 2.83 bits per heavy atom. The topological polar surface area (TPSA) is 62.4 Å². The number of H-pyrrole nitrogens is 1. The van der Waals surface area contributed by atoms with Crippen molar-refractivity contribution in [3.63, 3.8) is 0 Å². The van der Waals surface area contributed by atoms with E-state index in [9.17, 15) is 9.59 Å². The number of carbonyl (C=O) groups is 2. The van der Waals surface area contributed by atoms with Gasteiger partial charge in [-0.25, -0.2) is 4.79 Å². The number of rotatable bonds is 3. The predicted octanol–water partition coefficient (Wildman–Crippen LogP) is 3.20. The fraction of sp³-hybridized carbons (Fsp3) is 0.474. The first-order valence-electron chi connectivity index (χ1n) is 8.49. The zero-order valence-electron chi connectivity index (χ0n) is 14.5. The Hall–Kier alpha value is -2.30. The van der Waals surface area contributed by atoms with E-state index in [1.165, 1.54) is 0 Å². The van der Waals surface area contributed by atoms with Crippen LogP contribution in [0, 0.1) is 19.8 Å². The van der Waals surface area contributed by atoms with Gasteiger partial charge in [0.2, 0.25) is 0 Å². The van der Waals surface area contributed by atoms with Crippen LogP contribution in [0.25, 0.3) is 10.9 Å². The van der Waals surface area contributed by atoms with Crippen molar-refractivity contribution >= 4 is 22.8 Å². The number of esters is 1. The molecule has 0 spiro atoms. The number of nitrogens with zero attached hydrogens (tertiary/aromatic N) is 1. The fourth-order valence-electron chi connectivity index (χ4n) is 3.42. The van der Waals surface area contributed by atoms with Crippen LogP contribution in [0.2, 0.25) is 0 Å². The number of carbonyl (C=O) groups excluding carboxylic acids is 2. The predicted molar refractivity (Wildman–Crippen MR) is 93.0 cm³/mol. The molecule has 5 nitrogen and oxygen atoms in total. The summed E-state index contributed by atoms with van der Waals surface area (Å²) >= 11 is 0. The maximum atomic E-state index is 12.2. The zero-order chi connectivity index (χ0) is 17.3. The summed E-state index contributed by atoms with van der Waals surface area (Å²) in [6.45, 7) is 7.48. The van der Waals surface area contributed by atoms with Crippen molar-refractivity contribution in [3.05, 3.63) is 35.0 Å². The summed E-state index contributed by atoms with van der Waals surface area (Å²) in [5.41, 5.74) is 3.55. The number of nitrogens with one attached hydrogen (secondary N) is 1. The highest BCUT2D eigenvalue weighted by Gasteiger charge is 2.22. The van der Waals surface area contributed by atoms with E-state index in [1.807, 2.05) is 19.9 Å². The first-order valence-corrected chi connectivity index (χ1v) is 8.49. The first kappa shape index (κ1) is 16.6. The van der Waals surface area contributed by atoms with Crippen LogP contribution in [0.4, 0.5) is 0 Å². The van der Waals surface area contributed by atoms with E-state index in [4.69, 9.17) is 4.74 Å². The molecule has 2 aromatic rings. The lowest BCUT2D eigenvalue weighted by Gasteiger charge is -2.30. The normalized spacial score (nSPS) is 18.0. The van der Waals surface area contributed by atoms with Crippen LogP contribution in [0.3, 0.4) is 0 Å². The highest BCUT2D eigenvalue weighted by molar-refractivity contribution is 5.96. The molecule has 1 aromatic carbocycles. The van der Waals surface area contributed by atoms with E-state index in [-0.39, 0.29) is 12.5 Å². The summed E-state index contributed by atoms with van der Waals surface area (Å²) in [6, 6.07) is 5.87. The summed E-state index contributed by atoms with van der Waals surface area (Å²) < 4.78 is 5.22. The smallest absolute Gasteiger partial charge is 0.355 e. The second kappa shape index (κ2) is 6.67. The monoisotopic (exact) mass is 328 g/mol. The number of hydrogen-bond acceptors (Lipinski definition) is 3. The summed E-state index contributed by atoms with van der Waals surface area (Å²) in [4.78, 5) is 29.3. The van der Waals surface area contributed by atoms with Crippen LogP contribution in [0.1, 0.15) is 41.4 Å². The van der Waals surface area contributed by atoms with E-state index in [0.717, 1.165) is 48.0 Å². The lowest BCUT2D eigenvalue weighted by molar-refractivity contribution is -0.136. The number of ether oxygens (including phenoxy) is 1. The van der Waals surface area contributed by atoms with Crippen molar-refractivity contribution < 1.29 is 14.3 Å². The highest BCUT2D eigenvalue weighted by atomic mass is 16.5. The van der Waals surface area contributed by atoms with Gasteiger partial charge in [-0.15, -0.1) is 0 Å². The molecule has 1 aliphatic heterocycles. The Balaban J connectivity index is 1.65. The molecule has 128 valence electrons. The lowest BCUT2D eigenvalue weighted by Crippen LogP contribution is -2.41. The van der Waals surface area contributed by atoms with Crippen LogP contribution < -0.4 is 0 Å². The summed E-state index contributed by atoms with van der Waals surface area (Å²) in [5, 5.41) is 1.00. The fourth-order valence-corrected chi connectivity index (χ4v) is 3.42. The van der Waals surface area contributed by atoms with Gasteiger partial charge in [-0.05, 0) is 55.9 Å². The van der Waals surface area contributed by atoms with Crippen molar-refractivity contribution in [2.75, 3.05) is 19.7 Å². The first-order chi connectivity index (χ1) is 11.4. The molecule has 1 N–H and O–H groups in total. The minimum atomic E-state index is -0.485. The molecular weight excluding hydrogens is 304 g/mol. The third-order valence-electron chi connectivity index (χ3n) is 4.65. The molecule has 1 amide bonds. The zero-order valence-corrected chi connectivity index (χ0v) is 14.5. The Labute approximate surface area is 142 Å². The number of piperidine rings is 1. The van der Waals surface area contributed by atoms with Crippen LogP contribution >= 0.6 is 0 Å². The van der Waals surface area contributed by atoms with E-state index in [2.05, 4.69) is 18.0 Å². The van der Waals surface area contributed by atoms with Gasteiger partial charge in [0.05, 0.1) is 0 Å². The van der Waals surface area contributed by atoms with Crippen molar-refractivity contribution in [1.82, 2.24) is 9.88 Å². The molecule has 0 radical (unpaired) electrons. The number of aromatic amines is 1. The Morgan fingerprint density at radius 1 is 1.29 bits per heavy atom. The Morgan fingerprint density at radius 2 is 2.08 bits per heavy atom. The molecule has 1 atom stereocenters. The average Bonchev–Trinajstić information content (AvgIpc) is 2.96. The summed E-state index contributed by atoms with van der Waals surface area (Å²) in [6.07, 6.45) is 2.17. The molecule has 1 saturated heterocycles. The van der Waals surface area contributed by atoms with E-state index in [1.54, 1.807) is 11.0 Å². The molecule has 0 saturated carbocycles. The molecular formula is C19H24N2O3. The number of likely N-dealkylation sites (tertiary alicyclic amines) is 1. The van der Waals surface area contributed by atoms with Crippen molar-refractivity contribution in [2.45, 2.75) is 33.6 Å². The number of amides is 1. The maximum Gasteiger partial charge on any atom is 0.355 e. The second-order valence-electron chi connectivity index (χ2n) is 6.89. The number of hydrogen-bond donors (Lipinski definition) is 1. The average molecular weight is 328 g/mol. The van der Waals surface area contributed by atoms with Gasteiger partial charge in [0, 0.05) is 24.0 Å². The number of aryl methyl sites for hydroxylation is 2. The standard InChI is InChI=1S/C19H24N2O3/c1-12-5-4-6-21(10-12)18(22)11-24-19(23)17-9-15-14(3)7-13(2)8-16(15)20-17/h7-9,12,20H,4-6,10-11H2,1-3H3. The maximum absolute atomic E-state index is 12.2. The van der Waals surface area contributed by atoms with Crippen molar-refractivity contribution in [2.24, 2.45) is 5.92 Å². The number of benzene rings is 1. The third kappa shape index (κ3) is 3.45.